The first-order valence-electron chi connectivity index (χ1n) is 6.87. The number of carboxylic acid groups (broad SMARTS) is 1. The number of aliphatic hydroxyl groups excluding tert-OH is 3. The number of nitrogen functional groups attached to an aromatic ring is 1. The zero-order chi connectivity index (χ0) is 17.6. The molecule has 1 aliphatic rings. The van der Waals surface area contributed by atoms with Gasteiger partial charge in [-0.3, -0.25) is 9.36 Å². The molecule has 3 rings (SSSR count). The summed E-state index contributed by atoms with van der Waals surface area (Å²) in [7, 11) is 0. The van der Waals surface area contributed by atoms with E-state index in [0.29, 0.717) is 0 Å². The van der Waals surface area contributed by atoms with Crippen LogP contribution in [-0.4, -0.2) is 70.8 Å². The Hall–Kier alpha value is -2.41. The number of carbonyl (C=O) groups is 1. The van der Waals surface area contributed by atoms with Crippen LogP contribution >= 0.6 is 0 Å². The predicted molar refractivity (Wildman–Crippen MR) is 74.0 cm³/mol. The maximum Gasteiger partial charge on any atom is 0.312 e. The van der Waals surface area contributed by atoms with Gasteiger partial charge in [-0.1, -0.05) is 0 Å². The van der Waals surface area contributed by atoms with Crippen LogP contribution in [0.1, 0.15) is 12.1 Å². The van der Waals surface area contributed by atoms with Crippen LogP contribution in [0.25, 0.3) is 11.2 Å². The molecule has 1 unspecified atom stereocenters. The highest BCUT2D eigenvalue weighted by atomic mass is 19.1. The third-order valence-electron chi connectivity index (χ3n) is 3.69. The van der Waals surface area contributed by atoms with E-state index >= 15 is 0 Å². The van der Waals surface area contributed by atoms with Gasteiger partial charge < -0.3 is 30.9 Å². The summed E-state index contributed by atoms with van der Waals surface area (Å²) < 4.78 is 19.9. The number of nitrogens with two attached hydrogens (primary N) is 1. The van der Waals surface area contributed by atoms with Gasteiger partial charge in [-0.15, -0.1) is 0 Å². The van der Waals surface area contributed by atoms with Crippen LogP contribution in [0.2, 0.25) is 0 Å². The van der Waals surface area contributed by atoms with E-state index in [1.807, 2.05) is 0 Å². The molecular weight excluding hydrogens is 329 g/mol. The molecule has 0 spiro atoms. The third kappa shape index (κ3) is 2.54. The molecule has 130 valence electrons. The molecule has 0 aliphatic carbocycles. The number of hydrogen-bond acceptors (Lipinski definition) is 9. The molecule has 0 saturated carbocycles. The number of carboxylic acids is 1. The molecule has 24 heavy (non-hydrogen) atoms. The number of anilines is 1. The summed E-state index contributed by atoms with van der Waals surface area (Å²) in [6.07, 6.45) is -7.15. The van der Waals surface area contributed by atoms with Gasteiger partial charge in [0.05, 0.1) is 6.61 Å². The topological polar surface area (TPSA) is 177 Å². The molecular formula is C12H14FN5O6. The lowest BCUT2D eigenvalue weighted by molar-refractivity contribution is -0.136. The minimum absolute atomic E-state index is 0.0645. The second kappa shape index (κ2) is 5.90. The van der Waals surface area contributed by atoms with Crippen molar-refractivity contribution in [3.8, 4) is 0 Å². The Morgan fingerprint density at radius 2 is 2.00 bits per heavy atom. The average molecular weight is 343 g/mol. The first-order valence-corrected chi connectivity index (χ1v) is 6.87. The molecule has 3 heterocycles. The molecule has 4 atom stereocenters. The number of hydrogen-bond donors (Lipinski definition) is 5. The second-order valence-electron chi connectivity index (χ2n) is 5.25. The predicted octanol–water partition coefficient (Wildman–Crippen LogP) is -2.21. The molecule has 12 heteroatoms. The van der Waals surface area contributed by atoms with Crippen LogP contribution in [-0.2, 0) is 16.0 Å². The van der Waals surface area contributed by atoms with Crippen molar-refractivity contribution < 1.29 is 34.3 Å². The van der Waals surface area contributed by atoms with Gasteiger partial charge in [0, 0.05) is 0 Å². The van der Waals surface area contributed by atoms with E-state index in [9.17, 15) is 19.4 Å². The van der Waals surface area contributed by atoms with Crippen molar-refractivity contribution in [3.63, 3.8) is 0 Å². The second-order valence-corrected chi connectivity index (χ2v) is 5.25. The van der Waals surface area contributed by atoms with Crippen LogP contribution in [0.15, 0.2) is 0 Å². The van der Waals surface area contributed by atoms with Crippen LogP contribution in [0.5, 0.6) is 0 Å². The highest BCUT2D eigenvalue weighted by Gasteiger charge is 2.45. The van der Waals surface area contributed by atoms with Gasteiger partial charge in [-0.05, 0) is 0 Å². The first kappa shape index (κ1) is 16.4. The molecule has 6 N–H and O–H groups in total. The summed E-state index contributed by atoms with van der Waals surface area (Å²) in [5.41, 5.74) is 5.32. The minimum atomic E-state index is -1.52. The van der Waals surface area contributed by atoms with Crippen molar-refractivity contribution >= 4 is 23.0 Å². The normalized spacial score (nSPS) is 27.0. The van der Waals surface area contributed by atoms with Crippen molar-refractivity contribution in [2.24, 2.45) is 0 Å². The lowest BCUT2D eigenvalue weighted by Crippen LogP contribution is -2.33. The van der Waals surface area contributed by atoms with E-state index in [1.165, 1.54) is 0 Å². The monoisotopic (exact) mass is 343 g/mol. The molecule has 1 fully saturated rings. The molecule has 11 nitrogen and oxygen atoms in total. The van der Waals surface area contributed by atoms with Gasteiger partial charge >= 0.3 is 12.0 Å². The fourth-order valence-corrected chi connectivity index (χ4v) is 2.63. The Morgan fingerprint density at radius 3 is 2.58 bits per heavy atom. The first-order chi connectivity index (χ1) is 11.3. The Balaban J connectivity index is 2.19. The quantitative estimate of drug-likeness (QED) is 0.382. The largest absolute Gasteiger partial charge is 0.481 e. The van der Waals surface area contributed by atoms with Gasteiger partial charge in [0.2, 0.25) is 0 Å². The SMILES string of the molecule is Nc1nc(F)nc2c1nc(CC(=O)O)n2C1O[C@H](CO)[C@@H](O)[C@@H]1O. The van der Waals surface area contributed by atoms with Crippen molar-refractivity contribution in [1.82, 2.24) is 19.5 Å². The minimum Gasteiger partial charge on any atom is -0.481 e. The van der Waals surface area contributed by atoms with Crippen LogP contribution in [0.3, 0.4) is 0 Å². The average Bonchev–Trinajstić information content (AvgIpc) is 2.98. The van der Waals surface area contributed by atoms with Crippen molar-refractivity contribution in [1.29, 1.82) is 0 Å². The van der Waals surface area contributed by atoms with Crippen LogP contribution in [0.4, 0.5) is 10.2 Å². The number of rotatable bonds is 4. The molecule has 0 aromatic carbocycles. The summed E-state index contributed by atoms with van der Waals surface area (Å²) >= 11 is 0. The van der Waals surface area contributed by atoms with E-state index < -0.39 is 49.6 Å². The summed E-state index contributed by atoms with van der Waals surface area (Å²) in [6.45, 7) is -0.582. The van der Waals surface area contributed by atoms with Crippen LogP contribution in [0, 0.1) is 6.08 Å². The van der Waals surface area contributed by atoms with Crippen molar-refractivity contribution in [2.45, 2.75) is 31.0 Å². The molecule has 0 amide bonds. The van der Waals surface area contributed by atoms with E-state index in [2.05, 4.69) is 15.0 Å². The number of aliphatic carboxylic acids is 1. The van der Waals surface area contributed by atoms with E-state index in [0.717, 1.165) is 4.57 Å². The maximum absolute atomic E-state index is 13.5. The lowest BCUT2D eigenvalue weighted by Gasteiger charge is -2.18. The zero-order valence-corrected chi connectivity index (χ0v) is 12.1. The van der Waals surface area contributed by atoms with Crippen LogP contribution < -0.4 is 5.73 Å². The summed E-state index contributed by atoms with van der Waals surface area (Å²) in [6, 6.07) is 0. The van der Waals surface area contributed by atoms with Gasteiger partial charge in [-0.25, -0.2) is 4.98 Å². The standard InChI is InChI=1S/C12H14FN5O6/c13-12-16-9(14)6-10(17-12)18(4(15-6)1-5(20)21)11-8(23)7(22)3(2-19)24-11/h3,7-8,11,19,22-23H,1-2H2,(H,20,21)(H2,14,16,17)/t3-,7-,8+,11?/m1/s1. The fraction of sp³-hybridized carbons (Fsp3) is 0.500. The Labute approximate surface area is 133 Å². The van der Waals surface area contributed by atoms with Crippen molar-refractivity contribution in [2.75, 3.05) is 12.3 Å². The number of aliphatic hydroxyl groups is 3. The summed E-state index contributed by atoms with van der Waals surface area (Å²) in [4.78, 5) is 21.9. The fourth-order valence-electron chi connectivity index (χ4n) is 2.63. The Morgan fingerprint density at radius 1 is 1.29 bits per heavy atom. The Bertz CT molecular complexity index is 798. The number of fused-ring (bicyclic) bond motifs is 1. The van der Waals surface area contributed by atoms with Gasteiger partial charge in [0.25, 0.3) is 0 Å². The third-order valence-corrected chi connectivity index (χ3v) is 3.69. The smallest absolute Gasteiger partial charge is 0.312 e. The molecule has 1 saturated heterocycles. The van der Waals surface area contributed by atoms with Gasteiger partial charge in [0.1, 0.15) is 30.6 Å². The maximum atomic E-state index is 13.5. The summed E-state index contributed by atoms with van der Waals surface area (Å²) in [5.74, 6) is -1.68. The Kier molecular flexibility index (Phi) is 4.04. The number of nitrogens with zero attached hydrogens (tertiary/aromatic N) is 4. The molecule has 2 aromatic heterocycles. The van der Waals surface area contributed by atoms with Gasteiger partial charge in [0.15, 0.2) is 23.2 Å². The highest BCUT2D eigenvalue weighted by molar-refractivity contribution is 5.83. The molecule has 2 aromatic rings. The lowest BCUT2D eigenvalue weighted by atomic mass is 10.1. The molecule has 0 bridgehead atoms. The molecule has 0 radical (unpaired) electrons. The number of aromatic nitrogens is 4. The van der Waals surface area contributed by atoms with E-state index in [1.54, 1.807) is 0 Å². The highest BCUT2D eigenvalue weighted by Crippen LogP contribution is 2.33. The van der Waals surface area contributed by atoms with Gasteiger partial charge in [-0.2, -0.15) is 14.4 Å². The summed E-state index contributed by atoms with van der Waals surface area (Å²) in [5, 5.41) is 38.2. The number of ether oxygens (including phenoxy) is 1. The van der Waals surface area contributed by atoms with Crippen molar-refractivity contribution in [3.05, 3.63) is 11.9 Å². The molecule has 1 aliphatic heterocycles. The number of imidazole rings is 1. The van der Waals surface area contributed by atoms with E-state index in [-0.39, 0.29) is 22.8 Å². The number of halogens is 1. The van der Waals surface area contributed by atoms with E-state index in [4.69, 9.17) is 20.7 Å². The zero-order valence-electron chi connectivity index (χ0n) is 12.1.